The van der Waals surface area contributed by atoms with Crippen LogP contribution >= 0.6 is 0 Å². The Hall–Kier alpha value is -8.07. The van der Waals surface area contributed by atoms with Gasteiger partial charge in [0.25, 0.3) is 6.71 Å². The summed E-state index contributed by atoms with van der Waals surface area (Å²) in [5.41, 5.74) is 20.6. The first-order chi connectivity index (χ1) is 32.3. The lowest BCUT2D eigenvalue weighted by molar-refractivity contribution is 0.486. The molecule has 10 aromatic rings. The Bertz CT molecular complexity index is 3360. The van der Waals surface area contributed by atoms with Crippen molar-refractivity contribution in [2.45, 2.75) is 5.41 Å². The quantitative estimate of drug-likeness (QED) is 0.155. The fraction of sp³-hybridized carbons (Fsp3) is 0.0164. The maximum absolute atomic E-state index is 6.84. The first-order valence-electron chi connectivity index (χ1n) is 22.7. The Balaban J connectivity index is 0.967. The second-order valence-electron chi connectivity index (χ2n) is 17.5. The van der Waals surface area contributed by atoms with Gasteiger partial charge in [0.05, 0.1) is 5.41 Å². The summed E-state index contributed by atoms with van der Waals surface area (Å²) in [5, 5.41) is 0. The summed E-state index contributed by atoms with van der Waals surface area (Å²) in [6.07, 6.45) is 0. The lowest BCUT2D eigenvalue weighted by Crippen LogP contribution is -2.68. The molecule has 3 heterocycles. The van der Waals surface area contributed by atoms with Crippen LogP contribution in [0.25, 0.3) is 22.3 Å². The van der Waals surface area contributed by atoms with Gasteiger partial charge in [-0.2, -0.15) is 0 Å². The predicted octanol–water partition coefficient (Wildman–Crippen LogP) is 10.6. The van der Waals surface area contributed by atoms with E-state index in [1.807, 2.05) is 0 Å². The molecule has 10 aromatic carbocycles. The summed E-state index contributed by atoms with van der Waals surface area (Å²) in [5.74, 6) is 1.88. The molecule has 0 fully saturated rings. The largest absolute Gasteiger partial charge is 0.458 e. The Morgan fingerprint density at radius 3 is 1.40 bits per heavy atom. The normalized spacial score (nSPS) is 14.9. The summed E-state index contributed by atoms with van der Waals surface area (Å²) in [6, 6.07) is 91.4. The first-order valence-corrected chi connectivity index (χ1v) is 22.7. The molecule has 65 heavy (non-hydrogen) atoms. The number of para-hydroxylation sites is 3. The zero-order chi connectivity index (χ0) is 42.9. The number of nitrogens with zero attached hydrogens (tertiary/aromatic N) is 1. The molecule has 0 amide bonds. The summed E-state index contributed by atoms with van der Waals surface area (Å²) in [6.45, 7) is 0.119. The highest BCUT2D eigenvalue weighted by molar-refractivity contribution is 6.99. The van der Waals surface area contributed by atoms with Gasteiger partial charge in [0.15, 0.2) is 0 Å². The third-order valence-electron chi connectivity index (χ3n) is 14.2. The summed E-state index contributed by atoms with van der Waals surface area (Å²) >= 11 is 0. The van der Waals surface area contributed by atoms with Crippen molar-refractivity contribution in [3.05, 3.63) is 271 Å². The van der Waals surface area contributed by atoms with Crippen molar-refractivity contribution >= 4 is 63.3 Å². The van der Waals surface area contributed by atoms with Crippen LogP contribution in [0.1, 0.15) is 22.3 Å². The van der Waals surface area contributed by atoms with Gasteiger partial charge in [-0.05, 0) is 104 Å². The monoisotopic (exact) mass is 825 g/mol. The average molecular weight is 826 g/mol. The molecule has 0 saturated heterocycles. The fourth-order valence-corrected chi connectivity index (χ4v) is 11.5. The molecule has 0 radical (unpaired) electrons. The third kappa shape index (κ3) is 5.77. The summed E-state index contributed by atoms with van der Waals surface area (Å²) < 4.78 is 6.84. The van der Waals surface area contributed by atoms with Crippen molar-refractivity contribution in [1.82, 2.24) is 0 Å². The number of hydrogen-bond donors (Lipinski definition) is 0. The molecule has 0 saturated carbocycles. The minimum atomic E-state index is -0.601. The van der Waals surface area contributed by atoms with Gasteiger partial charge in [0, 0.05) is 17.1 Å². The zero-order valence-electron chi connectivity index (χ0n) is 35.7. The van der Waals surface area contributed by atoms with Gasteiger partial charge in [-0.1, -0.05) is 222 Å². The van der Waals surface area contributed by atoms with Crippen molar-refractivity contribution in [3.63, 3.8) is 0 Å². The van der Waals surface area contributed by atoms with E-state index in [1.165, 1.54) is 77.3 Å². The van der Waals surface area contributed by atoms with Crippen LogP contribution < -0.4 is 42.4 Å². The topological polar surface area (TPSA) is 12.5 Å². The maximum Gasteiger partial charge on any atom is 0.251 e. The SMILES string of the molecule is c1ccc(B2c3ccccc3C3(c4cc(-c5ccc(-c6ccc(N(c7ccccc7)c7ccccc7)cc6)cc5)ccc42)c2ccccc2B2c4ccccc4Oc4cccc3c42)cc1. The highest BCUT2D eigenvalue weighted by Gasteiger charge is 2.55. The molecular formula is C61H41B2NO. The molecule has 0 aromatic heterocycles. The fourth-order valence-electron chi connectivity index (χ4n) is 11.5. The van der Waals surface area contributed by atoms with Crippen LogP contribution in [0.4, 0.5) is 17.1 Å². The molecule has 302 valence electrons. The van der Waals surface area contributed by atoms with Crippen LogP contribution in [-0.4, -0.2) is 13.4 Å². The van der Waals surface area contributed by atoms with Gasteiger partial charge in [0.1, 0.15) is 11.5 Å². The minimum Gasteiger partial charge on any atom is -0.458 e. The van der Waals surface area contributed by atoms with Crippen molar-refractivity contribution < 1.29 is 4.74 Å². The molecule has 2 nitrogen and oxygen atoms in total. The summed E-state index contributed by atoms with van der Waals surface area (Å²) in [4.78, 5) is 2.30. The summed E-state index contributed by atoms with van der Waals surface area (Å²) in [7, 11) is 0. The standard InChI is InChI=1S/C61H41B2NO/c1-4-17-46(18-5-1)62-54-26-12-10-23-50(54)61(51-24-11-13-27-55(51)63-57-28-14-15-29-58(57)65-59-30-16-25-52(61)60(59)63)53-41-45(37-40-56(53)62)44-33-31-42(32-34-44)43-35-38-49(39-36-43)64(47-19-6-2-7-20-47)48-21-8-3-9-22-48/h1-41H. The first kappa shape index (κ1) is 37.5. The van der Waals surface area contributed by atoms with Crippen molar-refractivity contribution in [2.24, 2.45) is 0 Å². The van der Waals surface area contributed by atoms with E-state index in [1.54, 1.807) is 0 Å². The lowest BCUT2D eigenvalue weighted by Gasteiger charge is -2.50. The van der Waals surface area contributed by atoms with Crippen molar-refractivity contribution in [2.75, 3.05) is 4.90 Å². The predicted molar refractivity (Wildman–Crippen MR) is 273 cm³/mol. The highest BCUT2D eigenvalue weighted by atomic mass is 16.5. The molecule has 3 aliphatic rings. The molecular weight excluding hydrogens is 784 g/mol. The van der Waals surface area contributed by atoms with Gasteiger partial charge in [-0.3, -0.25) is 0 Å². The molecule has 13 rings (SSSR count). The number of rotatable bonds is 6. The van der Waals surface area contributed by atoms with E-state index in [2.05, 4.69) is 254 Å². The van der Waals surface area contributed by atoms with Crippen molar-refractivity contribution in [1.29, 1.82) is 0 Å². The van der Waals surface area contributed by atoms with Gasteiger partial charge in [-0.25, -0.2) is 0 Å². The van der Waals surface area contributed by atoms with Gasteiger partial charge in [-0.15, -0.1) is 0 Å². The van der Waals surface area contributed by atoms with E-state index in [0.29, 0.717) is 0 Å². The molecule has 1 atom stereocenters. The Labute approximate surface area is 381 Å². The van der Waals surface area contributed by atoms with E-state index in [4.69, 9.17) is 4.74 Å². The Morgan fingerprint density at radius 2 is 0.754 bits per heavy atom. The molecule has 0 bridgehead atoms. The van der Waals surface area contributed by atoms with Crippen LogP contribution in [0.15, 0.2) is 249 Å². The van der Waals surface area contributed by atoms with Gasteiger partial charge < -0.3 is 9.64 Å². The molecule has 3 aliphatic heterocycles. The second kappa shape index (κ2) is 15.0. The van der Waals surface area contributed by atoms with E-state index >= 15 is 0 Å². The molecule has 1 spiro atoms. The Morgan fingerprint density at radius 1 is 0.308 bits per heavy atom. The average Bonchev–Trinajstić information content (AvgIpc) is 3.38. The van der Waals surface area contributed by atoms with Crippen LogP contribution in [-0.2, 0) is 5.41 Å². The minimum absolute atomic E-state index is 0.0555. The van der Waals surface area contributed by atoms with E-state index in [-0.39, 0.29) is 13.4 Å². The van der Waals surface area contributed by atoms with E-state index in [0.717, 1.165) is 28.6 Å². The van der Waals surface area contributed by atoms with Crippen molar-refractivity contribution in [3.8, 4) is 33.8 Å². The van der Waals surface area contributed by atoms with Gasteiger partial charge in [0.2, 0.25) is 6.71 Å². The van der Waals surface area contributed by atoms with Crippen LogP contribution in [0, 0.1) is 0 Å². The number of fused-ring (bicyclic) bond motifs is 10. The molecule has 4 heteroatoms. The molecule has 0 N–H and O–H groups in total. The number of ether oxygens (including phenoxy) is 1. The number of benzene rings is 10. The van der Waals surface area contributed by atoms with Crippen LogP contribution in [0.2, 0.25) is 0 Å². The molecule has 1 unspecified atom stereocenters. The smallest absolute Gasteiger partial charge is 0.251 e. The maximum atomic E-state index is 6.84. The van der Waals surface area contributed by atoms with Crippen LogP contribution in [0.3, 0.4) is 0 Å². The number of hydrogen-bond acceptors (Lipinski definition) is 2. The van der Waals surface area contributed by atoms with Gasteiger partial charge >= 0.3 is 0 Å². The van der Waals surface area contributed by atoms with E-state index in [9.17, 15) is 0 Å². The third-order valence-corrected chi connectivity index (χ3v) is 14.2. The van der Waals surface area contributed by atoms with E-state index < -0.39 is 5.41 Å². The Kier molecular flexibility index (Phi) is 8.67. The highest BCUT2D eigenvalue weighted by Crippen LogP contribution is 2.49. The second-order valence-corrected chi connectivity index (χ2v) is 17.5. The molecule has 0 aliphatic carbocycles. The van der Waals surface area contributed by atoms with Crippen LogP contribution in [0.5, 0.6) is 11.5 Å². The number of anilines is 3. The zero-order valence-corrected chi connectivity index (χ0v) is 35.7. The lowest BCUT2D eigenvalue weighted by atomic mass is 9.26.